The van der Waals surface area contributed by atoms with Crippen LogP contribution in [0.5, 0.6) is 23.0 Å². The van der Waals surface area contributed by atoms with Gasteiger partial charge in [0.15, 0.2) is 11.5 Å². The van der Waals surface area contributed by atoms with Crippen molar-refractivity contribution in [3.8, 4) is 23.0 Å². The monoisotopic (exact) mass is 825 g/mol. The Balaban J connectivity index is 0.000000197. The zero-order chi connectivity index (χ0) is 43.1. The predicted octanol–water partition coefficient (Wildman–Crippen LogP) is 8.38. The molecule has 0 unspecified atom stereocenters. The molecule has 3 aromatic carbocycles. The largest absolute Gasteiger partial charge is 0.497 e. The predicted molar refractivity (Wildman–Crippen MR) is 237 cm³/mol. The second-order valence-electron chi connectivity index (χ2n) is 16.7. The molecule has 318 valence electrons. The maximum absolute atomic E-state index is 12.9. The van der Waals surface area contributed by atoms with E-state index < -0.39 is 11.1 Å². The number of aryl methyl sites for hydroxylation is 4. The number of hydrogen-bond acceptors (Lipinski definition) is 8. The summed E-state index contributed by atoms with van der Waals surface area (Å²) in [6.07, 6.45) is 6.94. The van der Waals surface area contributed by atoms with Gasteiger partial charge >= 0.3 is 0 Å². The molecule has 12 nitrogen and oxygen atoms in total. The Morgan fingerprint density at radius 3 is 1.70 bits per heavy atom. The standard InChI is InChI=1S/C29H33N3O4.C20H22N2O3/c1-20-16-28(33)32(25-18-23(34-3)5-6-24(20)25)13-12-29(30-2)10-8-22(9-11-29)31-19-21-4-7-26-27(17-21)36-15-14-35-26;1-14-12-19(24)22(18-13-16(25-3)4-5-17(14)18)11-10-20(21-2)8-6-15(23)7-9-20/h4-7,16-18,22,31H,8-15,19H2,1,3H3;4-5,12-13H,6-11H2,1,3H3. The minimum absolute atomic E-state index is 0.0248. The molecule has 2 aliphatic carbocycles. The van der Waals surface area contributed by atoms with Gasteiger partial charge in [-0.15, -0.1) is 0 Å². The first-order valence-electron chi connectivity index (χ1n) is 21.3. The van der Waals surface area contributed by atoms with Crippen LogP contribution >= 0.6 is 0 Å². The van der Waals surface area contributed by atoms with E-state index in [4.69, 9.17) is 32.1 Å². The number of methoxy groups -OCH3 is 2. The second kappa shape index (κ2) is 18.7. The lowest BCUT2D eigenvalue weighted by Gasteiger charge is -2.32. The van der Waals surface area contributed by atoms with Gasteiger partial charge in [0.1, 0.15) is 30.5 Å². The molecule has 0 atom stereocenters. The van der Waals surface area contributed by atoms with Crippen LogP contribution in [0.3, 0.4) is 0 Å². The Morgan fingerprint density at radius 1 is 0.689 bits per heavy atom. The molecule has 0 saturated heterocycles. The number of carbonyl (C=O) groups excluding carboxylic acids is 1. The molecule has 12 heteroatoms. The highest BCUT2D eigenvalue weighted by atomic mass is 16.6. The molecule has 2 aromatic heterocycles. The topological polar surface area (TPSA) is 119 Å². The fraction of sp³-hybridized carbons (Fsp3) is 0.449. The lowest BCUT2D eigenvalue weighted by molar-refractivity contribution is -0.121. The Hall–Kier alpha value is -6.11. The van der Waals surface area contributed by atoms with Crippen molar-refractivity contribution in [3.63, 3.8) is 0 Å². The molecule has 3 heterocycles. The molecular weight excluding hydrogens is 771 g/mol. The molecule has 0 amide bonds. The molecule has 0 radical (unpaired) electrons. The van der Waals surface area contributed by atoms with Crippen LogP contribution < -0.4 is 35.4 Å². The molecule has 61 heavy (non-hydrogen) atoms. The molecule has 0 bridgehead atoms. The van der Waals surface area contributed by atoms with Crippen molar-refractivity contribution in [1.29, 1.82) is 0 Å². The fourth-order valence-electron chi connectivity index (χ4n) is 9.06. The molecule has 1 N–H and O–H groups in total. The number of fused-ring (bicyclic) bond motifs is 3. The number of hydrogen-bond donors (Lipinski definition) is 1. The smallest absolute Gasteiger partial charge is 0.251 e. The maximum Gasteiger partial charge on any atom is 0.251 e. The highest BCUT2D eigenvalue weighted by Crippen LogP contribution is 2.37. The molecule has 8 rings (SSSR count). The summed E-state index contributed by atoms with van der Waals surface area (Å²) in [4.78, 5) is 44.9. The van der Waals surface area contributed by atoms with E-state index in [0.29, 0.717) is 76.6 Å². The number of ketones is 1. The van der Waals surface area contributed by atoms with Crippen LogP contribution in [0, 0.1) is 27.0 Å². The summed E-state index contributed by atoms with van der Waals surface area (Å²) in [6, 6.07) is 21.4. The van der Waals surface area contributed by atoms with Gasteiger partial charge in [-0.25, -0.2) is 13.1 Å². The molecule has 1 aliphatic heterocycles. The quantitative estimate of drug-likeness (QED) is 0.132. The van der Waals surface area contributed by atoms with E-state index in [1.54, 1.807) is 30.9 Å². The van der Waals surface area contributed by atoms with Gasteiger partial charge in [-0.1, -0.05) is 6.07 Å². The van der Waals surface area contributed by atoms with Crippen LogP contribution in [-0.2, 0) is 24.4 Å². The minimum Gasteiger partial charge on any atom is -0.497 e. The highest BCUT2D eigenvalue weighted by Gasteiger charge is 2.41. The van der Waals surface area contributed by atoms with Gasteiger partial charge in [0.05, 0.1) is 25.3 Å². The third-order valence-electron chi connectivity index (χ3n) is 13.0. The van der Waals surface area contributed by atoms with Gasteiger partial charge in [0, 0.05) is 112 Å². The summed E-state index contributed by atoms with van der Waals surface area (Å²) in [5, 5.41) is 5.72. The molecule has 5 aromatic rings. The van der Waals surface area contributed by atoms with Crippen molar-refractivity contribution in [2.24, 2.45) is 0 Å². The zero-order valence-corrected chi connectivity index (χ0v) is 35.7. The van der Waals surface area contributed by atoms with E-state index >= 15 is 0 Å². The molecule has 0 spiro atoms. The summed E-state index contributed by atoms with van der Waals surface area (Å²) in [5.74, 6) is 3.29. The van der Waals surface area contributed by atoms with E-state index in [1.165, 1.54) is 5.56 Å². The average Bonchev–Trinajstić information content (AvgIpc) is 3.29. The number of ether oxygens (including phenoxy) is 4. The minimum atomic E-state index is -0.524. The molecule has 2 saturated carbocycles. The molecular formula is C49H55N5O7. The summed E-state index contributed by atoms with van der Waals surface area (Å²) in [5.41, 5.74) is 3.72. The van der Waals surface area contributed by atoms with Crippen molar-refractivity contribution in [2.75, 3.05) is 27.4 Å². The van der Waals surface area contributed by atoms with Gasteiger partial charge in [0.2, 0.25) is 11.1 Å². The second-order valence-corrected chi connectivity index (χ2v) is 16.7. The summed E-state index contributed by atoms with van der Waals surface area (Å²) in [6.45, 7) is 22.4. The molecule has 3 aliphatic rings. The van der Waals surface area contributed by atoms with Crippen LogP contribution in [0.2, 0.25) is 0 Å². The van der Waals surface area contributed by atoms with Crippen LogP contribution in [0.1, 0.15) is 80.9 Å². The van der Waals surface area contributed by atoms with Crippen molar-refractivity contribution >= 4 is 27.6 Å². The maximum atomic E-state index is 12.9. The van der Waals surface area contributed by atoms with E-state index in [9.17, 15) is 14.4 Å². The Morgan fingerprint density at radius 2 is 1.20 bits per heavy atom. The number of nitrogens with one attached hydrogen (secondary N) is 1. The lowest BCUT2D eigenvalue weighted by Crippen LogP contribution is -2.40. The van der Waals surface area contributed by atoms with Crippen LogP contribution in [-0.4, -0.2) is 59.5 Å². The van der Waals surface area contributed by atoms with Crippen molar-refractivity contribution in [2.45, 2.75) is 115 Å². The Kier molecular flexibility index (Phi) is 13.1. The van der Waals surface area contributed by atoms with E-state index in [0.717, 1.165) is 82.4 Å². The number of pyridine rings is 2. The number of Topliss-reactive ketones (excluding diaryl/α,β-unsaturated/α-hetero) is 1. The average molecular weight is 826 g/mol. The van der Waals surface area contributed by atoms with Crippen molar-refractivity contribution < 1.29 is 23.7 Å². The normalized spacial score (nSPS) is 19.3. The number of carbonyl (C=O) groups is 1. The van der Waals surface area contributed by atoms with Gasteiger partial charge in [-0.3, -0.25) is 14.4 Å². The number of nitrogens with zero attached hydrogens (tertiary/aromatic N) is 4. The van der Waals surface area contributed by atoms with Crippen LogP contribution in [0.25, 0.3) is 31.5 Å². The fourth-order valence-corrected chi connectivity index (χ4v) is 9.06. The van der Waals surface area contributed by atoms with E-state index in [1.807, 2.05) is 66.9 Å². The third-order valence-corrected chi connectivity index (χ3v) is 13.0. The summed E-state index contributed by atoms with van der Waals surface area (Å²) in [7, 11) is 3.24. The Bertz CT molecular complexity index is 2620. The highest BCUT2D eigenvalue weighted by molar-refractivity contribution is 5.84. The summed E-state index contributed by atoms with van der Waals surface area (Å²) < 4.78 is 25.6. The van der Waals surface area contributed by atoms with Crippen LogP contribution in [0.4, 0.5) is 0 Å². The Labute approximate surface area is 357 Å². The first-order valence-corrected chi connectivity index (χ1v) is 21.3. The van der Waals surface area contributed by atoms with Crippen molar-refractivity contribution in [1.82, 2.24) is 14.5 Å². The first-order chi connectivity index (χ1) is 29.5. The number of rotatable bonds is 11. The number of aromatic nitrogens is 2. The van der Waals surface area contributed by atoms with E-state index in [-0.39, 0.29) is 16.9 Å². The summed E-state index contributed by atoms with van der Waals surface area (Å²) >= 11 is 0. The van der Waals surface area contributed by atoms with Gasteiger partial charge in [-0.05, 0) is 79.8 Å². The van der Waals surface area contributed by atoms with Crippen molar-refractivity contribution in [3.05, 3.63) is 127 Å². The zero-order valence-electron chi connectivity index (χ0n) is 35.7. The lowest BCUT2D eigenvalue weighted by atomic mass is 9.77. The van der Waals surface area contributed by atoms with Crippen LogP contribution in [0.15, 0.2) is 76.3 Å². The third kappa shape index (κ3) is 9.61. The first kappa shape index (κ1) is 43.0. The number of benzene rings is 3. The van der Waals surface area contributed by atoms with E-state index in [2.05, 4.69) is 21.1 Å². The van der Waals surface area contributed by atoms with Gasteiger partial charge in [-0.2, -0.15) is 0 Å². The molecule has 2 fully saturated rings. The van der Waals surface area contributed by atoms with Gasteiger partial charge in [0.25, 0.3) is 11.1 Å². The SMILES string of the molecule is [C-]#[N+]C1(CCn2c(=O)cc(C)c3ccc(OC)cc32)CCC(=O)CC1.[C-]#[N+]C1(CCn2c(=O)cc(C)c3ccc(OC)cc32)CCC(NCc2ccc3c(c2)OCCO3)CC1. The van der Waals surface area contributed by atoms with Gasteiger partial charge < -0.3 is 43.1 Å².